The van der Waals surface area contributed by atoms with Crippen molar-refractivity contribution in [3.8, 4) is 0 Å². The molecule has 0 spiro atoms. The number of hydrogen-bond donors (Lipinski definition) is 2. The highest BCUT2D eigenvalue weighted by atomic mass is 15.0. The van der Waals surface area contributed by atoms with Gasteiger partial charge in [-0.1, -0.05) is 13.8 Å². The number of aromatic nitrogens is 2. The molecule has 4 nitrogen and oxygen atoms in total. The van der Waals surface area contributed by atoms with Gasteiger partial charge in [0, 0.05) is 19.0 Å². The van der Waals surface area contributed by atoms with E-state index in [0.29, 0.717) is 12.5 Å². The van der Waals surface area contributed by atoms with Crippen LogP contribution in [0, 0.1) is 0 Å². The van der Waals surface area contributed by atoms with Gasteiger partial charge in [-0.05, 0) is 0 Å². The fourth-order valence-electron chi connectivity index (χ4n) is 0.944. The quantitative estimate of drug-likeness (QED) is 0.724. The second-order valence-corrected chi connectivity index (χ2v) is 3.20. The van der Waals surface area contributed by atoms with Crippen LogP contribution >= 0.6 is 0 Å². The zero-order valence-corrected chi connectivity index (χ0v) is 8.12. The summed E-state index contributed by atoms with van der Waals surface area (Å²) in [6, 6.07) is 0. The molecule has 1 rings (SSSR count). The smallest absolute Gasteiger partial charge is 0.130 e. The van der Waals surface area contributed by atoms with E-state index in [1.807, 2.05) is 0 Å². The van der Waals surface area contributed by atoms with Gasteiger partial charge in [0.05, 0.1) is 18.1 Å². The molecule has 3 N–H and O–H groups in total. The summed E-state index contributed by atoms with van der Waals surface area (Å²) in [4.78, 5) is 8.43. The molecule has 1 heterocycles. The lowest BCUT2D eigenvalue weighted by Crippen LogP contribution is -2.13. The van der Waals surface area contributed by atoms with Gasteiger partial charge in [-0.15, -0.1) is 0 Å². The summed E-state index contributed by atoms with van der Waals surface area (Å²) in [5.74, 6) is 1.25. The van der Waals surface area contributed by atoms with Crippen molar-refractivity contribution in [1.82, 2.24) is 9.97 Å². The van der Waals surface area contributed by atoms with Crippen molar-refractivity contribution < 1.29 is 0 Å². The second kappa shape index (κ2) is 4.77. The van der Waals surface area contributed by atoms with Crippen LogP contribution in [0.15, 0.2) is 12.4 Å². The van der Waals surface area contributed by atoms with Crippen LogP contribution in [0.5, 0.6) is 0 Å². The molecule has 1 aromatic rings. The molecule has 1 aromatic heterocycles. The Kier molecular flexibility index (Phi) is 3.64. The summed E-state index contributed by atoms with van der Waals surface area (Å²) in [5, 5.41) is 3.11. The maximum absolute atomic E-state index is 5.35. The minimum absolute atomic E-state index is 0.378. The molecule has 0 aromatic carbocycles. The summed E-state index contributed by atoms with van der Waals surface area (Å²) >= 11 is 0. The van der Waals surface area contributed by atoms with Crippen molar-refractivity contribution in [2.45, 2.75) is 19.8 Å². The molecule has 4 heteroatoms. The fraction of sp³-hybridized carbons (Fsp3) is 0.556. The lowest BCUT2D eigenvalue weighted by Gasteiger charge is -2.05. The van der Waals surface area contributed by atoms with Crippen LogP contribution in [0.2, 0.25) is 0 Å². The zero-order valence-electron chi connectivity index (χ0n) is 8.12. The van der Waals surface area contributed by atoms with Crippen molar-refractivity contribution in [1.29, 1.82) is 0 Å². The maximum atomic E-state index is 5.35. The standard InChI is InChI=1S/C9H16N4/c1-7(2)9-12-5-8(6-13-9)11-4-3-10/h5-7,11H,3-4,10H2,1-2H3. The summed E-state index contributed by atoms with van der Waals surface area (Å²) in [7, 11) is 0. The number of nitrogens with zero attached hydrogens (tertiary/aromatic N) is 2. The van der Waals surface area contributed by atoms with Crippen molar-refractivity contribution in [3.63, 3.8) is 0 Å². The van der Waals surface area contributed by atoms with Gasteiger partial charge < -0.3 is 11.1 Å². The van der Waals surface area contributed by atoms with Gasteiger partial charge in [0.2, 0.25) is 0 Å². The minimum Gasteiger partial charge on any atom is -0.381 e. The van der Waals surface area contributed by atoms with Gasteiger partial charge in [-0.25, -0.2) is 9.97 Å². The van der Waals surface area contributed by atoms with E-state index in [2.05, 4.69) is 29.1 Å². The third-order valence-electron chi connectivity index (χ3n) is 1.66. The molecule has 0 aliphatic rings. The third-order valence-corrected chi connectivity index (χ3v) is 1.66. The number of nitrogens with one attached hydrogen (secondary N) is 1. The van der Waals surface area contributed by atoms with Crippen molar-refractivity contribution in [2.24, 2.45) is 5.73 Å². The largest absolute Gasteiger partial charge is 0.381 e. The summed E-state index contributed by atoms with van der Waals surface area (Å²) in [6.07, 6.45) is 3.58. The molecule has 0 aliphatic heterocycles. The van der Waals surface area contributed by atoms with E-state index in [0.717, 1.165) is 18.1 Å². The molecule has 0 unspecified atom stereocenters. The topological polar surface area (TPSA) is 63.8 Å². The first-order chi connectivity index (χ1) is 6.24. The van der Waals surface area contributed by atoms with E-state index in [1.54, 1.807) is 12.4 Å². The molecule has 0 fully saturated rings. The molecule has 13 heavy (non-hydrogen) atoms. The van der Waals surface area contributed by atoms with E-state index in [4.69, 9.17) is 5.73 Å². The van der Waals surface area contributed by atoms with Crippen LogP contribution in [-0.4, -0.2) is 23.1 Å². The van der Waals surface area contributed by atoms with Gasteiger partial charge in [-0.2, -0.15) is 0 Å². The number of nitrogens with two attached hydrogens (primary N) is 1. The molecule has 72 valence electrons. The van der Waals surface area contributed by atoms with E-state index >= 15 is 0 Å². The van der Waals surface area contributed by atoms with Gasteiger partial charge in [0.15, 0.2) is 0 Å². The molecular weight excluding hydrogens is 164 g/mol. The summed E-state index contributed by atoms with van der Waals surface area (Å²) in [5.41, 5.74) is 6.28. The first-order valence-corrected chi connectivity index (χ1v) is 4.50. The average Bonchev–Trinajstić information content (AvgIpc) is 2.15. The fourth-order valence-corrected chi connectivity index (χ4v) is 0.944. The monoisotopic (exact) mass is 180 g/mol. The highest BCUT2D eigenvalue weighted by Gasteiger charge is 2.01. The average molecular weight is 180 g/mol. The lowest BCUT2D eigenvalue weighted by atomic mass is 10.2. The SMILES string of the molecule is CC(C)c1ncc(NCCN)cn1. The van der Waals surface area contributed by atoms with Crippen molar-refractivity contribution in [2.75, 3.05) is 18.4 Å². The number of anilines is 1. The van der Waals surface area contributed by atoms with Crippen molar-refractivity contribution in [3.05, 3.63) is 18.2 Å². The first-order valence-electron chi connectivity index (χ1n) is 4.50. The lowest BCUT2D eigenvalue weighted by molar-refractivity contribution is 0.774. The van der Waals surface area contributed by atoms with Crippen LogP contribution in [0.1, 0.15) is 25.6 Å². The predicted molar refractivity (Wildman–Crippen MR) is 53.7 cm³/mol. The minimum atomic E-state index is 0.378. The Morgan fingerprint density at radius 3 is 2.46 bits per heavy atom. The van der Waals surface area contributed by atoms with Crippen LogP contribution in [0.25, 0.3) is 0 Å². The van der Waals surface area contributed by atoms with E-state index in [-0.39, 0.29) is 0 Å². The first kappa shape index (κ1) is 9.92. The Balaban J connectivity index is 2.59. The Bertz CT molecular complexity index is 242. The van der Waals surface area contributed by atoms with Gasteiger partial charge in [0.25, 0.3) is 0 Å². The highest BCUT2D eigenvalue weighted by Crippen LogP contribution is 2.09. The normalized spacial score (nSPS) is 10.5. The molecule has 0 atom stereocenters. The zero-order chi connectivity index (χ0) is 9.68. The third kappa shape index (κ3) is 2.99. The number of rotatable bonds is 4. The molecule has 0 bridgehead atoms. The van der Waals surface area contributed by atoms with Gasteiger partial charge in [0.1, 0.15) is 5.82 Å². The molecule has 0 amide bonds. The van der Waals surface area contributed by atoms with Crippen LogP contribution in [0.4, 0.5) is 5.69 Å². The molecule has 0 saturated carbocycles. The van der Waals surface area contributed by atoms with E-state index in [1.165, 1.54) is 0 Å². The van der Waals surface area contributed by atoms with Gasteiger partial charge >= 0.3 is 0 Å². The van der Waals surface area contributed by atoms with E-state index in [9.17, 15) is 0 Å². The number of hydrogen-bond acceptors (Lipinski definition) is 4. The van der Waals surface area contributed by atoms with Crippen molar-refractivity contribution >= 4 is 5.69 Å². The van der Waals surface area contributed by atoms with E-state index < -0.39 is 0 Å². The summed E-state index contributed by atoms with van der Waals surface area (Å²) in [6.45, 7) is 5.51. The second-order valence-electron chi connectivity index (χ2n) is 3.20. The molecule has 0 aliphatic carbocycles. The molecule has 0 saturated heterocycles. The van der Waals surface area contributed by atoms with Gasteiger partial charge in [-0.3, -0.25) is 0 Å². The van der Waals surface area contributed by atoms with Crippen LogP contribution < -0.4 is 11.1 Å². The highest BCUT2D eigenvalue weighted by molar-refractivity contribution is 5.37. The predicted octanol–water partition coefficient (Wildman–Crippen LogP) is 0.971. The molecular formula is C9H16N4. The van der Waals surface area contributed by atoms with Crippen LogP contribution in [-0.2, 0) is 0 Å². The van der Waals surface area contributed by atoms with Crippen LogP contribution in [0.3, 0.4) is 0 Å². The Labute approximate surface area is 78.6 Å². The Morgan fingerprint density at radius 1 is 1.38 bits per heavy atom. The summed E-state index contributed by atoms with van der Waals surface area (Å²) < 4.78 is 0. The maximum Gasteiger partial charge on any atom is 0.130 e. The Hall–Kier alpha value is -1.16. The Morgan fingerprint density at radius 2 is 2.00 bits per heavy atom. The molecule has 0 radical (unpaired) electrons.